The van der Waals surface area contributed by atoms with Crippen LogP contribution in [0.2, 0.25) is 0 Å². The van der Waals surface area contributed by atoms with E-state index in [2.05, 4.69) is 4.74 Å². The van der Waals surface area contributed by atoms with Gasteiger partial charge in [0.05, 0.1) is 6.61 Å². The van der Waals surface area contributed by atoms with Gasteiger partial charge in [-0.1, -0.05) is 44.6 Å². The number of ether oxygens (including phenoxy) is 2. The first-order valence-electron chi connectivity index (χ1n) is 9.12. The summed E-state index contributed by atoms with van der Waals surface area (Å²) in [5.41, 5.74) is 0.277. The molecule has 0 aliphatic heterocycles. The Bertz CT molecular complexity index is 574. The van der Waals surface area contributed by atoms with Crippen LogP contribution < -0.4 is 9.47 Å². The van der Waals surface area contributed by atoms with Crippen LogP contribution in [0, 0.1) is 17.7 Å². The Hall–Kier alpha value is -1.46. The lowest BCUT2D eigenvalue weighted by molar-refractivity contribution is -0.276. The van der Waals surface area contributed by atoms with Gasteiger partial charge in [-0.05, 0) is 42.7 Å². The Labute approximate surface area is 145 Å². The molecule has 2 saturated carbocycles. The number of hydrogen-bond donors (Lipinski definition) is 0. The van der Waals surface area contributed by atoms with Crippen LogP contribution in [0.15, 0.2) is 12.1 Å². The number of rotatable bonds is 6. The molecule has 0 spiro atoms. The van der Waals surface area contributed by atoms with Crippen LogP contribution in [-0.4, -0.2) is 13.0 Å². The zero-order chi connectivity index (χ0) is 17.9. The van der Waals surface area contributed by atoms with Gasteiger partial charge in [0.2, 0.25) is 5.75 Å². The standard InChI is InChI=1S/C19H24F4O2/c20-17-15(11-13-5-1-2-6-13)9-10-16(18(17)25-19(21,22)23)24-12-14-7-3-4-8-14/h9-10,13-14H,1-8,11-12H2. The molecule has 2 aliphatic carbocycles. The summed E-state index contributed by atoms with van der Waals surface area (Å²) < 4.78 is 62.4. The van der Waals surface area contributed by atoms with Crippen LogP contribution >= 0.6 is 0 Å². The van der Waals surface area contributed by atoms with Crippen molar-refractivity contribution in [2.24, 2.45) is 11.8 Å². The van der Waals surface area contributed by atoms with E-state index < -0.39 is 17.9 Å². The molecule has 0 heterocycles. The molecule has 1 aromatic rings. The smallest absolute Gasteiger partial charge is 0.489 e. The zero-order valence-electron chi connectivity index (χ0n) is 14.2. The number of halogens is 4. The van der Waals surface area contributed by atoms with Gasteiger partial charge in [0.1, 0.15) is 0 Å². The van der Waals surface area contributed by atoms with Crippen molar-refractivity contribution in [2.45, 2.75) is 64.1 Å². The fourth-order valence-electron chi connectivity index (χ4n) is 3.97. The predicted molar refractivity (Wildman–Crippen MR) is 86.2 cm³/mol. The van der Waals surface area contributed by atoms with E-state index in [1.165, 1.54) is 6.07 Å². The molecule has 140 valence electrons. The van der Waals surface area contributed by atoms with Crippen LogP contribution in [0.4, 0.5) is 17.6 Å². The van der Waals surface area contributed by atoms with Gasteiger partial charge < -0.3 is 9.47 Å². The Morgan fingerprint density at radius 1 is 0.920 bits per heavy atom. The van der Waals surface area contributed by atoms with Crippen molar-refractivity contribution in [3.05, 3.63) is 23.5 Å². The van der Waals surface area contributed by atoms with E-state index in [4.69, 9.17) is 4.74 Å². The Kier molecular flexibility index (Phi) is 5.74. The largest absolute Gasteiger partial charge is 0.573 e. The minimum atomic E-state index is -4.95. The third-order valence-electron chi connectivity index (χ3n) is 5.29. The molecule has 2 nitrogen and oxygen atoms in total. The minimum absolute atomic E-state index is 0.156. The summed E-state index contributed by atoms with van der Waals surface area (Å²) in [5.74, 6) is -1.26. The van der Waals surface area contributed by atoms with Gasteiger partial charge in [-0.15, -0.1) is 13.2 Å². The molecule has 3 rings (SSSR count). The quantitative estimate of drug-likeness (QED) is 0.577. The van der Waals surface area contributed by atoms with Gasteiger partial charge in [-0.3, -0.25) is 0 Å². The average Bonchev–Trinajstić information content (AvgIpc) is 3.22. The summed E-state index contributed by atoms with van der Waals surface area (Å²) in [4.78, 5) is 0. The normalized spacial score (nSPS) is 19.5. The monoisotopic (exact) mass is 360 g/mol. The second-order valence-electron chi connectivity index (χ2n) is 7.23. The Morgan fingerprint density at radius 3 is 2.12 bits per heavy atom. The van der Waals surface area contributed by atoms with Crippen molar-refractivity contribution in [3.63, 3.8) is 0 Å². The third kappa shape index (κ3) is 5.02. The molecule has 0 saturated heterocycles. The Balaban J connectivity index is 1.78. The van der Waals surface area contributed by atoms with Crippen LogP contribution in [0.1, 0.15) is 56.9 Å². The molecule has 25 heavy (non-hydrogen) atoms. The van der Waals surface area contributed by atoms with E-state index in [9.17, 15) is 17.6 Å². The molecule has 0 amide bonds. The van der Waals surface area contributed by atoms with Crippen molar-refractivity contribution in [3.8, 4) is 11.5 Å². The highest BCUT2D eigenvalue weighted by atomic mass is 19.4. The molecule has 0 atom stereocenters. The van der Waals surface area contributed by atoms with E-state index in [0.29, 0.717) is 24.9 Å². The molecule has 2 fully saturated rings. The lowest BCUT2D eigenvalue weighted by Gasteiger charge is -2.19. The van der Waals surface area contributed by atoms with E-state index >= 15 is 0 Å². The molecular formula is C19H24F4O2. The van der Waals surface area contributed by atoms with E-state index in [1.54, 1.807) is 6.07 Å². The van der Waals surface area contributed by atoms with Gasteiger partial charge in [-0.25, -0.2) is 4.39 Å². The summed E-state index contributed by atoms with van der Waals surface area (Å²) in [5, 5.41) is 0. The number of benzene rings is 1. The first kappa shape index (κ1) is 18.3. The predicted octanol–water partition coefficient (Wildman–Crippen LogP) is 6.03. The minimum Gasteiger partial charge on any atom is -0.489 e. The molecule has 6 heteroatoms. The fraction of sp³-hybridized carbons (Fsp3) is 0.684. The highest BCUT2D eigenvalue weighted by molar-refractivity contribution is 5.45. The van der Waals surface area contributed by atoms with Crippen LogP contribution in [0.3, 0.4) is 0 Å². The van der Waals surface area contributed by atoms with Crippen molar-refractivity contribution in [2.75, 3.05) is 6.61 Å². The Morgan fingerprint density at radius 2 is 1.52 bits per heavy atom. The van der Waals surface area contributed by atoms with Crippen molar-refractivity contribution in [1.82, 2.24) is 0 Å². The van der Waals surface area contributed by atoms with Crippen molar-refractivity contribution >= 4 is 0 Å². The molecular weight excluding hydrogens is 336 g/mol. The first-order valence-corrected chi connectivity index (χ1v) is 9.12. The maximum absolute atomic E-state index is 14.7. The van der Waals surface area contributed by atoms with Crippen LogP contribution in [0.5, 0.6) is 11.5 Å². The third-order valence-corrected chi connectivity index (χ3v) is 5.29. The molecule has 2 aliphatic rings. The number of hydrogen-bond acceptors (Lipinski definition) is 2. The lowest BCUT2D eigenvalue weighted by Crippen LogP contribution is -2.20. The van der Waals surface area contributed by atoms with Gasteiger partial charge in [0.25, 0.3) is 0 Å². The maximum atomic E-state index is 14.7. The summed E-state index contributed by atoms with van der Waals surface area (Å²) in [6, 6.07) is 2.96. The second-order valence-corrected chi connectivity index (χ2v) is 7.23. The molecule has 0 unspecified atom stereocenters. The summed E-state index contributed by atoms with van der Waals surface area (Å²) in [7, 11) is 0. The van der Waals surface area contributed by atoms with Gasteiger partial charge in [0.15, 0.2) is 11.6 Å². The summed E-state index contributed by atoms with van der Waals surface area (Å²) >= 11 is 0. The van der Waals surface area contributed by atoms with Crippen LogP contribution in [0.25, 0.3) is 0 Å². The highest BCUT2D eigenvalue weighted by Gasteiger charge is 2.35. The number of alkyl halides is 3. The van der Waals surface area contributed by atoms with Gasteiger partial charge >= 0.3 is 6.36 Å². The lowest BCUT2D eigenvalue weighted by atomic mass is 9.97. The van der Waals surface area contributed by atoms with Crippen molar-refractivity contribution < 1.29 is 27.0 Å². The molecule has 0 radical (unpaired) electrons. The highest BCUT2D eigenvalue weighted by Crippen LogP contribution is 2.39. The summed E-state index contributed by atoms with van der Waals surface area (Å²) in [6.07, 6.45) is 3.89. The van der Waals surface area contributed by atoms with Crippen LogP contribution in [-0.2, 0) is 6.42 Å². The fourth-order valence-corrected chi connectivity index (χ4v) is 3.97. The molecule has 0 aromatic heterocycles. The van der Waals surface area contributed by atoms with E-state index in [0.717, 1.165) is 51.4 Å². The van der Waals surface area contributed by atoms with E-state index in [-0.39, 0.29) is 11.3 Å². The zero-order valence-corrected chi connectivity index (χ0v) is 14.2. The topological polar surface area (TPSA) is 18.5 Å². The summed E-state index contributed by atoms with van der Waals surface area (Å²) in [6.45, 7) is 0.301. The second kappa shape index (κ2) is 7.83. The SMILES string of the molecule is Fc1c(CC2CCCC2)ccc(OCC2CCCC2)c1OC(F)(F)F. The maximum Gasteiger partial charge on any atom is 0.573 e. The average molecular weight is 360 g/mol. The van der Waals surface area contributed by atoms with E-state index in [1.807, 2.05) is 0 Å². The molecule has 1 aromatic carbocycles. The van der Waals surface area contributed by atoms with Crippen molar-refractivity contribution in [1.29, 1.82) is 0 Å². The van der Waals surface area contributed by atoms with Gasteiger partial charge in [0, 0.05) is 0 Å². The van der Waals surface area contributed by atoms with Gasteiger partial charge in [-0.2, -0.15) is 0 Å². The first-order chi connectivity index (χ1) is 11.9. The molecule has 0 bridgehead atoms. The molecule has 0 N–H and O–H groups in total.